The van der Waals surface area contributed by atoms with Crippen molar-refractivity contribution in [2.75, 3.05) is 56.2 Å². The maximum Gasteiger partial charge on any atom is 0.417 e. The summed E-state index contributed by atoms with van der Waals surface area (Å²) in [7, 11) is 1.36. The molecular formula is C23H29F6N7O4. The molecule has 4 rings (SSSR count). The fraction of sp³-hybridized carbons (Fsp3) is 0.652. The second kappa shape index (κ2) is 11.4. The van der Waals surface area contributed by atoms with Gasteiger partial charge in [0.25, 0.3) is 5.91 Å². The van der Waals surface area contributed by atoms with Gasteiger partial charge >= 0.3 is 12.4 Å². The van der Waals surface area contributed by atoms with Crippen LogP contribution >= 0.6 is 0 Å². The van der Waals surface area contributed by atoms with Crippen molar-refractivity contribution >= 4 is 29.2 Å². The van der Waals surface area contributed by atoms with E-state index in [0.717, 1.165) is 11.0 Å². The molecule has 0 aliphatic carbocycles. The van der Waals surface area contributed by atoms with E-state index in [-0.39, 0.29) is 63.2 Å². The van der Waals surface area contributed by atoms with Gasteiger partial charge in [-0.05, 0) is 13.0 Å². The van der Waals surface area contributed by atoms with E-state index in [4.69, 9.17) is 4.74 Å². The molecule has 0 radical (unpaired) electrons. The maximum atomic E-state index is 13.3. The molecule has 0 aromatic carbocycles. The van der Waals surface area contributed by atoms with Crippen LogP contribution in [0.15, 0.2) is 12.3 Å². The summed E-state index contributed by atoms with van der Waals surface area (Å²) in [5, 5.41) is 2.74. The normalized spacial score (nSPS) is 24.4. The lowest BCUT2D eigenvalue weighted by molar-refractivity contribution is -0.193. The van der Waals surface area contributed by atoms with Crippen molar-refractivity contribution < 1.29 is 45.5 Å². The van der Waals surface area contributed by atoms with E-state index in [1.54, 1.807) is 11.8 Å². The molecule has 4 heterocycles. The van der Waals surface area contributed by atoms with Crippen LogP contribution in [0, 0.1) is 5.92 Å². The van der Waals surface area contributed by atoms with Gasteiger partial charge in [-0.2, -0.15) is 26.3 Å². The smallest absolute Gasteiger partial charge is 0.379 e. The number of hydrazine groups is 1. The highest BCUT2D eigenvalue weighted by atomic mass is 19.4. The van der Waals surface area contributed by atoms with Gasteiger partial charge in [0.1, 0.15) is 6.04 Å². The molecule has 1 aromatic rings. The third kappa shape index (κ3) is 6.25. The first-order valence-electron chi connectivity index (χ1n) is 12.5. The molecule has 11 nitrogen and oxygen atoms in total. The first kappa shape index (κ1) is 29.8. The molecule has 0 saturated carbocycles. The summed E-state index contributed by atoms with van der Waals surface area (Å²) in [5.74, 6) is -3.94. The molecule has 2 fully saturated rings. The Bertz CT molecular complexity index is 1130. The van der Waals surface area contributed by atoms with Crippen molar-refractivity contribution in [2.24, 2.45) is 5.92 Å². The number of pyridine rings is 1. The number of anilines is 2. The highest BCUT2D eigenvalue weighted by molar-refractivity contribution is 6.05. The summed E-state index contributed by atoms with van der Waals surface area (Å²) in [6.45, 7) is 1.82. The van der Waals surface area contributed by atoms with Crippen LogP contribution in [0.1, 0.15) is 18.9 Å². The number of piperazine rings is 1. The number of nitrogens with zero attached hydrogens (tertiary/aromatic N) is 4. The number of fused-ring (bicyclic) bond motifs is 3. The van der Waals surface area contributed by atoms with Crippen LogP contribution in [0.5, 0.6) is 0 Å². The Morgan fingerprint density at radius 1 is 1.23 bits per heavy atom. The predicted octanol–water partition coefficient (Wildman–Crippen LogP) is 0.660. The van der Waals surface area contributed by atoms with Crippen LogP contribution in [-0.4, -0.2) is 98.3 Å². The van der Waals surface area contributed by atoms with E-state index in [2.05, 4.69) is 15.7 Å². The second-order valence-corrected chi connectivity index (χ2v) is 9.90. The number of hydrogen-bond acceptors (Lipinski definition) is 8. The number of carbonyl (C=O) groups is 3. The number of nitrogens with one attached hydrogen (secondary N) is 3. The summed E-state index contributed by atoms with van der Waals surface area (Å²) in [4.78, 5) is 45.6. The third-order valence-electron chi connectivity index (χ3n) is 7.05. The number of hydrogen-bond donors (Lipinski definition) is 3. The van der Waals surface area contributed by atoms with Crippen molar-refractivity contribution in [2.45, 2.75) is 43.8 Å². The lowest BCUT2D eigenvalue weighted by Gasteiger charge is -2.46. The highest BCUT2D eigenvalue weighted by Crippen LogP contribution is 2.39. The molecule has 3 N–H and O–H groups in total. The SMILES string of the molecule is C[C@@H](COCCC(=O)N1CCN2c3ncc(C(F)(F)F)cc3N(C)C(=O)[C@H]2C1)NC1CNNC(=O)C1C(F)(F)F. The molecule has 2 unspecified atom stereocenters. The molecule has 3 aliphatic heterocycles. The number of likely N-dealkylation sites (N-methyl/N-ethyl adjacent to an activating group) is 1. The average Bonchev–Trinajstić information content (AvgIpc) is 2.87. The van der Waals surface area contributed by atoms with Gasteiger partial charge < -0.3 is 24.8 Å². The molecular weight excluding hydrogens is 552 g/mol. The summed E-state index contributed by atoms with van der Waals surface area (Å²) < 4.78 is 84.7. The Hall–Kier alpha value is -3.18. The maximum absolute atomic E-state index is 13.3. The van der Waals surface area contributed by atoms with Crippen molar-refractivity contribution in [3.8, 4) is 0 Å². The number of aromatic nitrogens is 1. The molecule has 40 heavy (non-hydrogen) atoms. The lowest BCUT2D eigenvalue weighted by atomic mass is 9.96. The van der Waals surface area contributed by atoms with Gasteiger partial charge in [-0.3, -0.25) is 19.8 Å². The Morgan fingerprint density at radius 2 is 1.95 bits per heavy atom. The van der Waals surface area contributed by atoms with Crippen molar-refractivity contribution in [3.05, 3.63) is 17.8 Å². The molecule has 222 valence electrons. The molecule has 3 amide bonds. The molecule has 4 atom stereocenters. The molecule has 1 aromatic heterocycles. The second-order valence-electron chi connectivity index (χ2n) is 9.90. The van der Waals surface area contributed by atoms with Gasteiger partial charge in [0.05, 0.1) is 37.4 Å². The quantitative estimate of drug-likeness (QED) is 0.318. The minimum Gasteiger partial charge on any atom is -0.379 e. The minimum absolute atomic E-state index is 0.0116. The first-order valence-corrected chi connectivity index (χ1v) is 12.5. The summed E-state index contributed by atoms with van der Waals surface area (Å²) in [5.41, 5.74) is 3.47. The van der Waals surface area contributed by atoms with E-state index in [9.17, 15) is 40.7 Å². The fourth-order valence-corrected chi connectivity index (χ4v) is 5.04. The van der Waals surface area contributed by atoms with Gasteiger partial charge in [0, 0.05) is 45.0 Å². The van der Waals surface area contributed by atoms with Gasteiger partial charge in [0.15, 0.2) is 11.7 Å². The fourth-order valence-electron chi connectivity index (χ4n) is 5.04. The first-order chi connectivity index (χ1) is 18.7. The topological polar surface area (TPSA) is 119 Å². The zero-order valence-electron chi connectivity index (χ0n) is 21.6. The summed E-state index contributed by atoms with van der Waals surface area (Å²) in [6, 6.07) is -1.69. The van der Waals surface area contributed by atoms with Crippen LogP contribution in [0.2, 0.25) is 0 Å². The zero-order valence-corrected chi connectivity index (χ0v) is 21.6. The molecule has 0 bridgehead atoms. The van der Waals surface area contributed by atoms with Crippen LogP contribution in [0.3, 0.4) is 0 Å². The predicted molar refractivity (Wildman–Crippen MR) is 128 cm³/mol. The van der Waals surface area contributed by atoms with Crippen molar-refractivity contribution in [1.82, 2.24) is 26.1 Å². The molecule has 0 spiro atoms. The summed E-state index contributed by atoms with van der Waals surface area (Å²) in [6.07, 6.45) is -8.67. The van der Waals surface area contributed by atoms with Gasteiger partial charge in [-0.25, -0.2) is 10.4 Å². The van der Waals surface area contributed by atoms with Crippen LogP contribution < -0.4 is 26.0 Å². The number of rotatable bonds is 7. The standard InChI is InChI=1S/C23H29F6N7O4/c1-12(32-14-9-31-33-20(38)18(14)23(27,28)29)11-40-6-3-17(37)35-4-5-36-16(10-35)21(39)34(2)15-7-13(22(24,25)26)8-30-19(15)36/h7-8,12,14,16,18,31-32H,3-6,9-11H2,1-2H3,(H,33,38)/t12-,14?,16+,18?/m0/s1. The minimum atomic E-state index is -4.72. The Labute approximate surface area is 225 Å². The number of carbonyl (C=O) groups excluding carboxylic acids is 3. The van der Waals surface area contributed by atoms with Gasteiger partial charge in [-0.1, -0.05) is 0 Å². The largest absolute Gasteiger partial charge is 0.417 e. The van der Waals surface area contributed by atoms with E-state index in [1.165, 1.54) is 11.9 Å². The van der Waals surface area contributed by atoms with Crippen molar-refractivity contribution in [3.63, 3.8) is 0 Å². The van der Waals surface area contributed by atoms with Crippen LogP contribution in [0.4, 0.5) is 37.8 Å². The molecule has 17 heteroatoms. The monoisotopic (exact) mass is 581 g/mol. The number of alkyl halides is 6. The van der Waals surface area contributed by atoms with Gasteiger partial charge in [-0.15, -0.1) is 0 Å². The molecule has 2 saturated heterocycles. The van der Waals surface area contributed by atoms with Crippen LogP contribution in [-0.2, 0) is 25.3 Å². The van der Waals surface area contributed by atoms with E-state index >= 15 is 0 Å². The van der Waals surface area contributed by atoms with Crippen molar-refractivity contribution in [1.29, 1.82) is 0 Å². The Balaban J connectivity index is 1.27. The van der Waals surface area contributed by atoms with E-state index in [0.29, 0.717) is 6.20 Å². The Kier molecular flexibility index (Phi) is 8.46. The van der Waals surface area contributed by atoms with E-state index < -0.39 is 53.8 Å². The lowest BCUT2D eigenvalue weighted by Crippen LogP contribution is -2.65. The van der Waals surface area contributed by atoms with Gasteiger partial charge in [0.2, 0.25) is 11.8 Å². The highest BCUT2D eigenvalue weighted by Gasteiger charge is 2.51. The van der Waals surface area contributed by atoms with E-state index in [1.807, 2.05) is 5.43 Å². The Morgan fingerprint density at radius 3 is 2.62 bits per heavy atom. The number of halogens is 6. The zero-order chi connectivity index (χ0) is 29.4. The summed E-state index contributed by atoms with van der Waals surface area (Å²) >= 11 is 0. The number of amides is 3. The van der Waals surface area contributed by atoms with Crippen LogP contribution in [0.25, 0.3) is 0 Å². The average molecular weight is 582 g/mol. The number of ether oxygens (including phenoxy) is 1. The third-order valence-corrected chi connectivity index (χ3v) is 7.05. The molecule has 3 aliphatic rings.